The highest BCUT2D eigenvalue weighted by Crippen LogP contribution is 2.24. The SMILES string of the molecule is CCCc1cccc(CN=NOC(=O)Oc2ccccc2)c1O. The second kappa shape index (κ2) is 8.53. The molecule has 0 aromatic heterocycles. The van der Waals surface area contributed by atoms with E-state index in [0.29, 0.717) is 11.3 Å². The number of phenolic OH excluding ortho intramolecular Hbond substituents is 1. The fourth-order valence-corrected chi connectivity index (χ4v) is 2.01. The largest absolute Gasteiger partial charge is 0.542 e. The number of nitrogens with zero attached hydrogens (tertiary/aromatic N) is 2. The molecule has 2 aromatic rings. The third kappa shape index (κ3) is 5.10. The van der Waals surface area contributed by atoms with Gasteiger partial charge in [0.2, 0.25) is 0 Å². The van der Waals surface area contributed by atoms with Gasteiger partial charge < -0.3 is 9.84 Å². The zero-order chi connectivity index (χ0) is 16.5. The molecule has 120 valence electrons. The van der Waals surface area contributed by atoms with Gasteiger partial charge in [-0.15, -0.1) is 5.11 Å². The lowest BCUT2D eigenvalue weighted by atomic mass is 10.1. The molecule has 0 saturated carbocycles. The van der Waals surface area contributed by atoms with Crippen LogP contribution in [0.15, 0.2) is 58.9 Å². The molecule has 0 unspecified atom stereocenters. The molecule has 0 amide bonds. The van der Waals surface area contributed by atoms with Gasteiger partial charge in [0, 0.05) is 10.8 Å². The highest BCUT2D eigenvalue weighted by Gasteiger charge is 2.07. The number of rotatable bonds is 6. The molecular weight excluding hydrogens is 296 g/mol. The molecular formula is C17H18N2O4. The van der Waals surface area contributed by atoms with E-state index in [9.17, 15) is 9.90 Å². The Bertz CT molecular complexity index is 672. The topological polar surface area (TPSA) is 80.5 Å². The lowest BCUT2D eigenvalue weighted by molar-refractivity contribution is 0.0932. The summed E-state index contributed by atoms with van der Waals surface area (Å²) in [6.07, 6.45) is 0.757. The van der Waals surface area contributed by atoms with Crippen molar-refractivity contribution in [3.63, 3.8) is 0 Å². The van der Waals surface area contributed by atoms with Crippen LogP contribution >= 0.6 is 0 Å². The van der Waals surface area contributed by atoms with Gasteiger partial charge in [0.25, 0.3) is 0 Å². The van der Waals surface area contributed by atoms with Gasteiger partial charge in [-0.25, -0.2) is 4.79 Å². The minimum absolute atomic E-state index is 0.113. The molecule has 0 spiro atoms. The Morgan fingerprint density at radius 2 is 1.83 bits per heavy atom. The van der Waals surface area contributed by atoms with Crippen LogP contribution in [0.5, 0.6) is 11.5 Å². The van der Waals surface area contributed by atoms with Crippen LogP contribution < -0.4 is 4.74 Å². The number of carbonyl (C=O) groups excluding carboxylic acids is 1. The van der Waals surface area contributed by atoms with Crippen LogP contribution in [0, 0.1) is 0 Å². The third-order valence-electron chi connectivity index (χ3n) is 3.08. The number of hydrogen-bond donors (Lipinski definition) is 1. The molecule has 0 radical (unpaired) electrons. The highest BCUT2D eigenvalue weighted by molar-refractivity contribution is 5.63. The average molecular weight is 314 g/mol. The summed E-state index contributed by atoms with van der Waals surface area (Å²) in [6, 6.07) is 14.0. The molecule has 0 aliphatic carbocycles. The minimum atomic E-state index is -0.969. The Labute approximate surface area is 134 Å². The minimum Gasteiger partial charge on any atom is -0.507 e. The number of aromatic hydroxyl groups is 1. The first-order valence-electron chi connectivity index (χ1n) is 7.31. The van der Waals surface area contributed by atoms with E-state index in [1.807, 2.05) is 19.1 Å². The van der Waals surface area contributed by atoms with Gasteiger partial charge in [-0.3, -0.25) is 4.84 Å². The van der Waals surface area contributed by atoms with E-state index in [4.69, 9.17) is 4.74 Å². The third-order valence-corrected chi connectivity index (χ3v) is 3.08. The number of benzene rings is 2. The second-order valence-corrected chi connectivity index (χ2v) is 4.81. The molecule has 0 aliphatic heterocycles. The smallest absolute Gasteiger partial charge is 0.507 e. The van der Waals surface area contributed by atoms with Crippen LogP contribution in [0.3, 0.4) is 0 Å². The van der Waals surface area contributed by atoms with Gasteiger partial charge in [-0.2, -0.15) is 0 Å². The van der Waals surface area contributed by atoms with Crippen LogP contribution in [0.2, 0.25) is 0 Å². The van der Waals surface area contributed by atoms with Crippen LogP contribution in [0.1, 0.15) is 24.5 Å². The fraction of sp³-hybridized carbons (Fsp3) is 0.235. The molecule has 2 rings (SSSR count). The summed E-state index contributed by atoms with van der Waals surface area (Å²) in [6.45, 7) is 2.15. The first-order chi connectivity index (χ1) is 11.2. The molecule has 0 fully saturated rings. The van der Waals surface area contributed by atoms with E-state index in [-0.39, 0.29) is 12.3 Å². The molecule has 23 heavy (non-hydrogen) atoms. The van der Waals surface area contributed by atoms with Crippen molar-refractivity contribution < 1.29 is 19.5 Å². The van der Waals surface area contributed by atoms with Gasteiger partial charge in [0.05, 0.1) is 6.54 Å². The van der Waals surface area contributed by atoms with Crippen molar-refractivity contribution in [2.45, 2.75) is 26.3 Å². The van der Waals surface area contributed by atoms with Crippen molar-refractivity contribution in [2.24, 2.45) is 10.4 Å². The van der Waals surface area contributed by atoms with Crippen molar-refractivity contribution in [1.82, 2.24) is 0 Å². The molecule has 0 saturated heterocycles. The molecule has 0 heterocycles. The maximum absolute atomic E-state index is 11.4. The van der Waals surface area contributed by atoms with Gasteiger partial charge in [-0.05, 0) is 24.1 Å². The normalized spacial score (nSPS) is 10.7. The monoisotopic (exact) mass is 314 g/mol. The Morgan fingerprint density at radius 3 is 2.57 bits per heavy atom. The van der Waals surface area contributed by atoms with Crippen molar-refractivity contribution in [3.8, 4) is 11.5 Å². The van der Waals surface area contributed by atoms with Crippen molar-refractivity contribution in [3.05, 3.63) is 59.7 Å². The number of para-hydroxylation sites is 2. The van der Waals surface area contributed by atoms with Gasteiger partial charge in [-0.1, -0.05) is 49.7 Å². The number of phenols is 1. The molecule has 1 N–H and O–H groups in total. The zero-order valence-corrected chi connectivity index (χ0v) is 12.8. The van der Waals surface area contributed by atoms with E-state index in [1.54, 1.807) is 36.4 Å². The highest BCUT2D eigenvalue weighted by atomic mass is 16.8. The number of hydrogen-bond acceptors (Lipinski definition) is 6. The van der Waals surface area contributed by atoms with Crippen LogP contribution in [0.4, 0.5) is 4.79 Å². The predicted molar refractivity (Wildman–Crippen MR) is 84.2 cm³/mol. The quantitative estimate of drug-likeness (QED) is 0.370. The number of carbonyl (C=O) groups is 1. The van der Waals surface area contributed by atoms with Crippen molar-refractivity contribution in [2.75, 3.05) is 0 Å². The van der Waals surface area contributed by atoms with Crippen LogP contribution in [0.25, 0.3) is 0 Å². The molecule has 0 aliphatic rings. The summed E-state index contributed by atoms with van der Waals surface area (Å²) in [7, 11) is 0. The molecule has 2 aromatic carbocycles. The first kappa shape index (κ1) is 16.5. The summed E-state index contributed by atoms with van der Waals surface area (Å²) in [4.78, 5) is 15.9. The van der Waals surface area contributed by atoms with Gasteiger partial charge >= 0.3 is 6.16 Å². The Balaban J connectivity index is 1.85. The summed E-state index contributed by atoms with van der Waals surface area (Å²) >= 11 is 0. The summed E-state index contributed by atoms with van der Waals surface area (Å²) in [5.41, 5.74) is 1.49. The fourth-order valence-electron chi connectivity index (χ4n) is 2.01. The Kier molecular flexibility index (Phi) is 6.11. The lowest BCUT2D eigenvalue weighted by Crippen LogP contribution is -2.06. The Hall–Kier alpha value is -2.89. The van der Waals surface area contributed by atoms with Crippen molar-refractivity contribution >= 4 is 6.16 Å². The number of aryl methyl sites for hydroxylation is 1. The van der Waals surface area contributed by atoms with Crippen LogP contribution in [-0.4, -0.2) is 11.3 Å². The first-order valence-corrected chi connectivity index (χ1v) is 7.31. The summed E-state index contributed by atoms with van der Waals surface area (Å²) in [5.74, 6) is 0.567. The number of ether oxygens (including phenoxy) is 1. The van der Waals surface area contributed by atoms with E-state index >= 15 is 0 Å². The van der Waals surface area contributed by atoms with Crippen LogP contribution in [-0.2, 0) is 17.8 Å². The lowest BCUT2D eigenvalue weighted by Gasteiger charge is -2.06. The molecule has 0 bridgehead atoms. The molecule has 6 heteroatoms. The predicted octanol–water partition coefficient (Wildman–Crippen LogP) is 4.43. The Morgan fingerprint density at radius 1 is 1.09 bits per heavy atom. The molecule has 0 atom stereocenters. The maximum Gasteiger partial charge on any atom is 0.542 e. The summed E-state index contributed by atoms with van der Waals surface area (Å²) < 4.78 is 4.88. The second-order valence-electron chi connectivity index (χ2n) is 4.81. The average Bonchev–Trinajstić information content (AvgIpc) is 2.56. The maximum atomic E-state index is 11.4. The van der Waals surface area contributed by atoms with E-state index in [2.05, 4.69) is 15.2 Å². The van der Waals surface area contributed by atoms with Gasteiger partial charge in [0.15, 0.2) is 0 Å². The van der Waals surface area contributed by atoms with E-state index in [0.717, 1.165) is 18.4 Å². The van der Waals surface area contributed by atoms with E-state index in [1.165, 1.54) is 0 Å². The van der Waals surface area contributed by atoms with E-state index < -0.39 is 6.16 Å². The summed E-state index contributed by atoms with van der Waals surface area (Å²) in [5, 5.41) is 17.1. The zero-order valence-electron chi connectivity index (χ0n) is 12.8. The van der Waals surface area contributed by atoms with Crippen molar-refractivity contribution in [1.29, 1.82) is 0 Å². The standard InChI is InChI=1S/C17H18N2O4/c1-2-7-13-8-6-9-14(16(13)20)12-18-19-23-17(21)22-15-10-4-3-5-11-15/h3-6,8-11,20H,2,7,12H2,1H3. The van der Waals surface area contributed by atoms with Gasteiger partial charge in [0.1, 0.15) is 11.5 Å². The molecule has 6 nitrogen and oxygen atoms in total.